The van der Waals surface area contributed by atoms with Gasteiger partial charge in [-0.05, 0) is 18.2 Å². The van der Waals surface area contributed by atoms with Crippen LogP contribution in [0.2, 0.25) is 0 Å². The molecular weight excluding hydrogens is 478 g/mol. The predicted molar refractivity (Wildman–Crippen MR) is 139 cm³/mol. The molecule has 8 heteroatoms. The number of carbonyl (C=O) groups is 3. The number of fused-ring (bicyclic) bond motifs is 5. The molecule has 4 atom stereocenters. The second-order valence-electron chi connectivity index (χ2n) is 9.62. The molecule has 8 nitrogen and oxygen atoms in total. The highest BCUT2D eigenvalue weighted by atomic mass is 16.2. The van der Waals surface area contributed by atoms with Gasteiger partial charge in [0.15, 0.2) is 23.3 Å². The minimum Gasteiger partial charge on any atom is -0.293 e. The number of benzene rings is 3. The van der Waals surface area contributed by atoms with Crippen molar-refractivity contribution in [1.29, 1.82) is 0 Å². The Morgan fingerprint density at radius 2 is 1.24 bits per heavy atom. The van der Waals surface area contributed by atoms with Gasteiger partial charge in [0.25, 0.3) is 0 Å². The molecule has 2 saturated heterocycles. The van der Waals surface area contributed by atoms with Crippen molar-refractivity contribution >= 4 is 23.3 Å². The standard InChI is InChI=1S/C30H21N5O3/c36-21-16-17-30(23-22(24(21)34-30)27(37)35(28(23)38)20-14-8-3-9-15-20)29-32-25(18-10-4-1-5-11-18)31-26(33-29)19-12-6-2-7-13-19/h1-17,22-24,34H. The maximum absolute atomic E-state index is 14.0. The molecule has 3 aliphatic heterocycles. The third-order valence-electron chi connectivity index (χ3n) is 7.50. The van der Waals surface area contributed by atoms with Crippen LogP contribution in [0.4, 0.5) is 5.69 Å². The molecule has 4 heterocycles. The fourth-order valence-electron chi connectivity index (χ4n) is 5.76. The van der Waals surface area contributed by atoms with Gasteiger partial charge in [-0.25, -0.2) is 19.9 Å². The summed E-state index contributed by atoms with van der Waals surface area (Å²) in [6.45, 7) is 0. The summed E-state index contributed by atoms with van der Waals surface area (Å²) in [5.74, 6) is -1.63. The molecule has 0 spiro atoms. The molecule has 0 saturated carbocycles. The van der Waals surface area contributed by atoms with Crippen molar-refractivity contribution in [3.63, 3.8) is 0 Å². The van der Waals surface area contributed by atoms with Crippen LogP contribution in [-0.4, -0.2) is 38.6 Å². The molecule has 4 unspecified atom stereocenters. The molecule has 2 bridgehead atoms. The smallest absolute Gasteiger partial charge is 0.240 e. The fourth-order valence-corrected chi connectivity index (χ4v) is 5.76. The van der Waals surface area contributed by atoms with E-state index < -0.39 is 29.3 Å². The molecule has 2 amide bonds. The van der Waals surface area contributed by atoms with Gasteiger partial charge in [-0.2, -0.15) is 0 Å². The Morgan fingerprint density at radius 3 is 1.82 bits per heavy atom. The van der Waals surface area contributed by atoms with E-state index in [9.17, 15) is 14.4 Å². The lowest BCUT2D eigenvalue weighted by Crippen LogP contribution is -2.53. The maximum atomic E-state index is 14.0. The van der Waals surface area contributed by atoms with E-state index in [1.54, 1.807) is 30.3 Å². The van der Waals surface area contributed by atoms with Crippen molar-refractivity contribution in [2.24, 2.45) is 11.8 Å². The van der Waals surface area contributed by atoms with E-state index in [2.05, 4.69) is 5.32 Å². The molecule has 7 rings (SSSR count). The van der Waals surface area contributed by atoms with Crippen LogP contribution in [0.1, 0.15) is 5.82 Å². The monoisotopic (exact) mass is 499 g/mol. The molecule has 2 fully saturated rings. The lowest BCUT2D eigenvalue weighted by molar-refractivity contribution is -0.126. The van der Waals surface area contributed by atoms with Crippen LogP contribution >= 0.6 is 0 Å². The number of carbonyl (C=O) groups excluding carboxylic acids is 3. The number of ketones is 1. The summed E-state index contributed by atoms with van der Waals surface area (Å²) in [5.41, 5.74) is 0.792. The molecule has 184 valence electrons. The lowest BCUT2D eigenvalue weighted by Gasteiger charge is -2.33. The Hall–Kier alpha value is -4.82. The number of hydrogen-bond donors (Lipinski definition) is 1. The van der Waals surface area contributed by atoms with Crippen molar-refractivity contribution in [2.45, 2.75) is 11.6 Å². The maximum Gasteiger partial charge on any atom is 0.240 e. The zero-order valence-electron chi connectivity index (χ0n) is 20.1. The van der Waals surface area contributed by atoms with Crippen molar-refractivity contribution in [1.82, 2.24) is 20.3 Å². The third kappa shape index (κ3) is 3.20. The highest BCUT2D eigenvalue weighted by molar-refractivity contribution is 6.25. The number of nitrogens with zero attached hydrogens (tertiary/aromatic N) is 4. The highest BCUT2D eigenvalue weighted by Crippen LogP contribution is 2.51. The highest BCUT2D eigenvalue weighted by Gasteiger charge is 2.69. The number of amides is 2. The summed E-state index contributed by atoms with van der Waals surface area (Å²) in [7, 11) is 0. The molecular formula is C30H21N5O3. The number of nitrogens with one attached hydrogen (secondary N) is 1. The van der Waals surface area contributed by atoms with Crippen LogP contribution in [0, 0.1) is 11.8 Å². The van der Waals surface area contributed by atoms with Gasteiger partial charge in [0.05, 0.1) is 23.6 Å². The molecule has 3 aromatic carbocycles. The number of anilines is 1. The Labute approximate surface area is 218 Å². The lowest BCUT2D eigenvalue weighted by atomic mass is 9.80. The van der Waals surface area contributed by atoms with Gasteiger partial charge in [-0.15, -0.1) is 0 Å². The molecule has 4 aromatic rings. The minimum absolute atomic E-state index is 0.246. The second-order valence-corrected chi connectivity index (χ2v) is 9.62. The van der Waals surface area contributed by atoms with Crippen LogP contribution in [0.15, 0.2) is 103 Å². The van der Waals surface area contributed by atoms with Gasteiger partial charge in [-0.1, -0.05) is 84.9 Å². The Balaban J connectivity index is 1.44. The van der Waals surface area contributed by atoms with Crippen LogP contribution in [0.3, 0.4) is 0 Å². The topological polar surface area (TPSA) is 105 Å². The molecule has 1 N–H and O–H groups in total. The first-order valence-corrected chi connectivity index (χ1v) is 12.4. The normalized spacial score (nSPS) is 25.6. The van der Waals surface area contributed by atoms with Crippen molar-refractivity contribution < 1.29 is 14.4 Å². The fraction of sp³-hybridized carbons (Fsp3) is 0.133. The first kappa shape index (κ1) is 22.4. The van der Waals surface area contributed by atoms with Crippen molar-refractivity contribution in [3.8, 4) is 22.8 Å². The Kier molecular flexibility index (Phi) is 4.92. The zero-order valence-corrected chi connectivity index (χ0v) is 20.1. The summed E-state index contributed by atoms with van der Waals surface area (Å²) in [6, 6.07) is 27.0. The number of imide groups is 1. The molecule has 38 heavy (non-hydrogen) atoms. The number of para-hydroxylation sites is 1. The van der Waals surface area contributed by atoms with Gasteiger partial charge < -0.3 is 0 Å². The SMILES string of the molecule is O=C1C=CC2(c3nc(-c4ccccc4)nc(-c4ccccc4)n3)NC1C1C(=O)N(c3ccccc3)C(=O)C12. The summed E-state index contributed by atoms with van der Waals surface area (Å²) < 4.78 is 0. The Morgan fingerprint density at radius 1 is 0.684 bits per heavy atom. The van der Waals surface area contributed by atoms with Gasteiger partial charge in [-0.3, -0.25) is 19.7 Å². The quantitative estimate of drug-likeness (QED) is 0.430. The molecule has 3 aliphatic rings. The average molecular weight is 500 g/mol. The van der Waals surface area contributed by atoms with E-state index in [0.717, 1.165) is 11.1 Å². The van der Waals surface area contributed by atoms with E-state index >= 15 is 0 Å². The minimum atomic E-state index is -1.25. The van der Waals surface area contributed by atoms with Crippen LogP contribution < -0.4 is 10.2 Å². The van der Waals surface area contributed by atoms with E-state index in [1.165, 1.54) is 11.0 Å². The second kappa shape index (κ2) is 8.36. The molecule has 0 aliphatic carbocycles. The predicted octanol–water partition coefficient (Wildman–Crippen LogP) is 3.32. The van der Waals surface area contributed by atoms with Crippen molar-refractivity contribution in [3.05, 3.63) is 109 Å². The summed E-state index contributed by atoms with van der Waals surface area (Å²) in [6.07, 6.45) is 3.09. The summed E-state index contributed by atoms with van der Waals surface area (Å²) in [4.78, 5) is 56.2. The Bertz CT molecular complexity index is 1570. The molecule has 1 aromatic heterocycles. The van der Waals surface area contributed by atoms with Gasteiger partial charge in [0, 0.05) is 11.1 Å². The van der Waals surface area contributed by atoms with Crippen LogP contribution in [-0.2, 0) is 19.9 Å². The van der Waals surface area contributed by atoms with Gasteiger partial charge in [0.2, 0.25) is 11.8 Å². The van der Waals surface area contributed by atoms with E-state index in [4.69, 9.17) is 15.0 Å². The summed E-state index contributed by atoms with van der Waals surface area (Å²) in [5, 5.41) is 3.30. The van der Waals surface area contributed by atoms with Crippen LogP contribution in [0.25, 0.3) is 22.8 Å². The number of hydrogen-bond acceptors (Lipinski definition) is 7. The van der Waals surface area contributed by atoms with E-state index in [1.807, 2.05) is 66.7 Å². The van der Waals surface area contributed by atoms with Gasteiger partial charge in [0.1, 0.15) is 5.54 Å². The van der Waals surface area contributed by atoms with E-state index in [-0.39, 0.29) is 11.7 Å². The first-order chi connectivity index (χ1) is 18.6. The average Bonchev–Trinajstić information content (AvgIpc) is 3.42. The van der Waals surface area contributed by atoms with E-state index in [0.29, 0.717) is 23.2 Å². The summed E-state index contributed by atoms with van der Waals surface area (Å²) >= 11 is 0. The first-order valence-electron chi connectivity index (χ1n) is 12.4. The molecule has 0 radical (unpaired) electrons. The number of rotatable bonds is 4. The third-order valence-corrected chi connectivity index (χ3v) is 7.50. The number of aromatic nitrogens is 3. The van der Waals surface area contributed by atoms with Crippen LogP contribution in [0.5, 0.6) is 0 Å². The van der Waals surface area contributed by atoms with Gasteiger partial charge >= 0.3 is 0 Å². The largest absolute Gasteiger partial charge is 0.293 e. The van der Waals surface area contributed by atoms with Crippen molar-refractivity contribution in [2.75, 3.05) is 4.90 Å². The zero-order chi connectivity index (χ0) is 25.9.